The Hall–Kier alpha value is -1.56. The van der Waals surface area contributed by atoms with Gasteiger partial charge < -0.3 is 10.5 Å². The van der Waals surface area contributed by atoms with Gasteiger partial charge in [-0.15, -0.1) is 0 Å². The normalized spacial score (nSPS) is 13.8. The molecule has 0 saturated heterocycles. The smallest absolute Gasteiger partial charge is 0.410 e. The SMILES string of the molecule is CCOC(=O)N1Cc2nc(N)nc(Cl)c2C1. The number of ether oxygens (including phenoxy) is 1. The molecule has 1 aromatic heterocycles. The molecule has 1 aromatic rings. The number of amides is 1. The number of rotatable bonds is 1. The summed E-state index contributed by atoms with van der Waals surface area (Å²) in [6.45, 7) is 2.83. The number of hydrogen-bond donors (Lipinski definition) is 1. The third kappa shape index (κ3) is 1.88. The minimum atomic E-state index is -0.380. The lowest BCUT2D eigenvalue weighted by Gasteiger charge is -2.13. The molecular weight excluding hydrogens is 232 g/mol. The van der Waals surface area contributed by atoms with Crippen molar-refractivity contribution >= 4 is 23.6 Å². The summed E-state index contributed by atoms with van der Waals surface area (Å²) in [7, 11) is 0. The van der Waals surface area contributed by atoms with Gasteiger partial charge in [0.2, 0.25) is 5.95 Å². The van der Waals surface area contributed by atoms with Crippen LogP contribution < -0.4 is 5.73 Å². The van der Waals surface area contributed by atoms with Crippen LogP contribution in [0.4, 0.5) is 10.7 Å². The number of hydrogen-bond acceptors (Lipinski definition) is 5. The molecule has 6 nitrogen and oxygen atoms in total. The Kier molecular flexibility index (Phi) is 2.82. The molecule has 2 N–H and O–H groups in total. The highest BCUT2D eigenvalue weighted by atomic mass is 35.5. The minimum absolute atomic E-state index is 0.120. The Morgan fingerprint density at radius 3 is 3.00 bits per heavy atom. The number of aromatic nitrogens is 2. The number of fused-ring (bicyclic) bond motifs is 1. The van der Waals surface area contributed by atoms with Gasteiger partial charge in [0.25, 0.3) is 0 Å². The zero-order valence-electron chi connectivity index (χ0n) is 8.73. The summed E-state index contributed by atoms with van der Waals surface area (Å²) in [4.78, 5) is 20.9. The number of nitrogens with zero attached hydrogens (tertiary/aromatic N) is 3. The number of nitrogens with two attached hydrogens (primary N) is 1. The van der Waals surface area contributed by atoms with Gasteiger partial charge in [-0.25, -0.2) is 14.8 Å². The fourth-order valence-corrected chi connectivity index (χ4v) is 1.83. The average Bonchev–Trinajstić information content (AvgIpc) is 2.62. The van der Waals surface area contributed by atoms with Gasteiger partial charge >= 0.3 is 6.09 Å². The van der Waals surface area contributed by atoms with Gasteiger partial charge in [0.1, 0.15) is 5.15 Å². The van der Waals surface area contributed by atoms with Crippen molar-refractivity contribution in [3.05, 3.63) is 16.4 Å². The second-order valence-corrected chi connectivity index (χ2v) is 3.71. The lowest BCUT2D eigenvalue weighted by molar-refractivity contribution is 0.106. The molecule has 2 heterocycles. The molecule has 86 valence electrons. The first kappa shape index (κ1) is 10.9. The van der Waals surface area contributed by atoms with Gasteiger partial charge in [-0.1, -0.05) is 11.6 Å². The molecule has 7 heteroatoms. The first-order valence-electron chi connectivity index (χ1n) is 4.84. The topological polar surface area (TPSA) is 81.3 Å². The summed E-state index contributed by atoms with van der Waals surface area (Å²) < 4.78 is 4.89. The van der Waals surface area contributed by atoms with Gasteiger partial charge in [0.15, 0.2) is 0 Å². The summed E-state index contributed by atoms with van der Waals surface area (Å²) in [5.41, 5.74) is 6.90. The molecule has 0 spiro atoms. The Morgan fingerprint density at radius 1 is 1.56 bits per heavy atom. The zero-order chi connectivity index (χ0) is 11.7. The van der Waals surface area contributed by atoms with Crippen molar-refractivity contribution in [3.63, 3.8) is 0 Å². The Balaban J connectivity index is 2.21. The van der Waals surface area contributed by atoms with Crippen LogP contribution in [-0.2, 0) is 17.8 Å². The predicted octanol–water partition coefficient (Wildman–Crippen LogP) is 1.18. The van der Waals surface area contributed by atoms with Crippen molar-refractivity contribution in [3.8, 4) is 0 Å². The first-order valence-corrected chi connectivity index (χ1v) is 5.22. The molecule has 1 amide bonds. The monoisotopic (exact) mass is 242 g/mol. The van der Waals surface area contributed by atoms with E-state index in [2.05, 4.69) is 9.97 Å². The maximum Gasteiger partial charge on any atom is 0.410 e. The molecule has 0 bridgehead atoms. The quantitative estimate of drug-likeness (QED) is 0.748. The van der Waals surface area contributed by atoms with Gasteiger partial charge in [-0.3, -0.25) is 4.90 Å². The second-order valence-electron chi connectivity index (χ2n) is 3.35. The molecule has 1 aliphatic heterocycles. The van der Waals surface area contributed by atoms with Crippen LogP contribution in [-0.4, -0.2) is 27.6 Å². The summed E-state index contributed by atoms with van der Waals surface area (Å²) in [6, 6.07) is 0. The Bertz CT molecular complexity index is 438. The van der Waals surface area contributed by atoms with Crippen molar-refractivity contribution in [1.29, 1.82) is 0 Å². The summed E-state index contributed by atoms with van der Waals surface area (Å²) in [6.07, 6.45) is -0.380. The molecule has 0 saturated carbocycles. The highest BCUT2D eigenvalue weighted by Gasteiger charge is 2.28. The van der Waals surface area contributed by atoms with Crippen LogP contribution in [0.3, 0.4) is 0 Å². The highest BCUT2D eigenvalue weighted by Crippen LogP contribution is 2.27. The number of carbonyl (C=O) groups excluding carboxylic acids is 1. The van der Waals surface area contributed by atoms with E-state index >= 15 is 0 Å². The van der Waals surface area contributed by atoms with E-state index in [-0.39, 0.29) is 12.0 Å². The van der Waals surface area contributed by atoms with Crippen molar-refractivity contribution < 1.29 is 9.53 Å². The molecule has 16 heavy (non-hydrogen) atoms. The van der Waals surface area contributed by atoms with E-state index in [1.807, 2.05) is 0 Å². The molecule has 0 fully saturated rings. The zero-order valence-corrected chi connectivity index (χ0v) is 9.49. The van der Waals surface area contributed by atoms with Crippen molar-refractivity contribution in [2.45, 2.75) is 20.0 Å². The van der Waals surface area contributed by atoms with Crippen LogP contribution in [0, 0.1) is 0 Å². The predicted molar refractivity (Wildman–Crippen MR) is 57.7 cm³/mol. The summed E-state index contributed by atoms with van der Waals surface area (Å²) in [5.74, 6) is 0.120. The molecule has 0 aromatic carbocycles. The fraction of sp³-hybridized carbons (Fsp3) is 0.444. The number of nitrogen functional groups attached to an aromatic ring is 1. The number of carbonyl (C=O) groups is 1. The fourth-order valence-electron chi connectivity index (χ4n) is 1.58. The highest BCUT2D eigenvalue weighted by molar-refractivity contribution is 6.30. The summed E-state index contributed by atoms with van der Waals surface area (Å²) in [5, 5.41) is 0.300. The second kappa shape index (κ2) is 4.13. The van der Waals surface area contributed by atoms with Gasteiger partial charge in [0.05, 0.1) is 25.4 Å². The lowest BCUT2D eigenvalue weighted by atomic mass is 10.3. The van der Waals surface area contributed by atoms with Crippen LogP contribution in [0.25, 0.3) is 0 Å². The third-order valence-corrected chi connectivity index (χ3v) is 2.59. The molecular formula is C9H11ClN4O2. The largest absolute Gasteiger partial charge is 0.450 e. The summed E-state index contributed by atoms with van der Waals surface area (Å²) >= 11 is 5.91. The molecule has 2 rings (SSSR count). The standard InChI is InChI=1S/C9H11ClN4O2/c1-2-16-9(15)14-3-5-6(4-14)12-8(11)13-7(5)10/h2-4H2,1H3,(H2,11,12,13). The maximum atomic E-state index is 11.5. The average molecular weight is 243 g/mol. The molecule has 0 unspecified atom stereocenters. The number of halogens is 1. The van der Waals surface area contributed by atoms with E-state index in [0.29, 0.717) is 30.5 Å². The van der Waals surface area contributed by atoms with Crippen molar-refractivity contribution in [2.75, 3.05) is 12.3 Å². The minimum Gasteiger partial charge on any atom is -0.450 e. The Morgan fingerprint density at radius 2 is 2.31 bits per heavy atom. The van der Waals surface area contributed by atoms with Gasteiger partial charge in [-0.05, 0) is 6.92 Å². The van der Waals surface area contributed by atoms with Crippen LogP contribution in [0.15, 0.2) is 0 Å². The van der Waals surface area contributed by atoms with E-state index in [1.54, 1.807) is 6.92 Å². The van der Waals surface area contributed by atoms with Gasteiger partial charge in [-0.2, -0.15) is 0 Å². The maximum absolute atomic E-state index is 11.5. The van der Waals surface area contributed by atoms with E-state index in [0.717, 1.165) is 5.56 Å². The molecule has 0 atom stereocenters. The van der Waals surface area contributed by atoms with E-state index < -0.39 is 0 Å². The van der Waals surface area contributed by atoms with Crippen LogP contribution in [0.1, 0.15) is 18.2 Å². The van der Waals surface area contributed by atoms with Crippen molar-refractivity contribution in [2.24, 2.45) is 0 Å². The van der Waals surface area contributed by atoms with E-state index in [4.69, 9.17) is 22.1 Å². The first-order chi connectivity index (χ1) is 7.61. The number of anilines is 1. The third-order valence-electron chi connectivity index (χ3n) is 2.28. The van der Waals surface area contributed by atoms with Crippen LogP contribution >= 0.6 is 11.6 Å². The Labute approximate surface area is 97.4 Å². The van der Waals surface area contributed by atoms with Crippen LogP contribution in [0.2, 0.25) is 5.15 Å². The van der Waals surface area contributed by atoms with E-state index in [9.17, 15) is 4.79 Å². The molecule has 1 aliphatic rings. The molecule has 0 aliphatic carbocycles. The van der Waals surface area contributed by atoms with E-state index in [1.165, 1.54) is 4.90 Å². The van der Waals surface area contributed by atoms with Crippen LogP contribution in [0.5, 0.6) is 0 Å². The van der Waals surface area contributed by atoms with Crippen molar-refractivity contribution in [1.82, 2.24) is 14.9 Å². The lowest BCUT2D eigenvalue weighted by Crippen LogP contribution is -2.26. The van der Waals surface area contributed by atoms with Gasteiger partial charge in [0, 0.05) is 5.56 Å². The molecule has 0 radical (unpaired) electrons.